The van der Waals surface area contributed by atoms with Gasteiger partial charge in [0.25, 0.3) is 0 Å². The molecule has 0 aliphatic heterocycles. The first-order chi connectivity index (χ1) is 7.53. The summed E-state index contributed by atoms with van der Waals surface area (Å²) < 4.78 is 5.35. The van der Waals surface area contributed by atoms with Crippen molar-refractivity contribution in [1.29, 1.82) is 0 Å². The predicted octanol–water partition coefficient (Wildman–Crippen LogP) is 2.21. The van der Waals surface area contributed by atoms with Gasteiger partial charge in [-0.05, 0) is 39.5 Å². The molecule has 4 nitrogen and oxygen atoms in total. The fraction of sp³-hybridized carbons (Fsp3) is 0.917. The highest BCUT2D eigenvalue weighted by atomic mass is 16.6. The minimum absolute atomic E-state index is 0.0528. The molecule has 4 heteroatoms. The molecule has 1 amide bonds. The number of nitrogens with one attached hydrogen (secondary N) is 1. The maximum atomic E-state index is 11.6. The lowest BCUT2D eigenvalue weighted by atomic mass is 10.1. The Labute approximate surface area is 97.4 Å². The summed E-state index contributed by atoms with van der Waals surface area (Å²) >= 11 is 0. The molecule has 0 radical (unpaired) electrons. The van der Waals surface area contributed by atoms with Crippen molar-refractivity contribution < 1.29 is 14.6 Å². The van der Waals surface area contributed by atoms with Gasteiger partial charge in [0.05, 0.1) is 12.1 Å². The van der Waals surface area contributed by atoms with Gasteiger partial charge < -0.3 is 15.2 Å². The third-order valence-electron chi connectivity index (χ3n) is 2.91. The molecule has 1 aliphatic carbocycles. The molecular weight excluding hydrogens is 206 g/mol. The van der Waals surface area contributed by atoms with E-state index in [0.29, 0.717) is 0 Å². The Kier molecular flexibility index (Phi) is 5.06. The van der Waals surface area contributed by atoms with E-state index in [4.69, 9.17) is 9.84 Å². The van der Waals surface area contributed by atoms with Crippen LogP contribution in [0.1, 0.15) is 52.4 Å². The van der Waals surface area contributed by atoms with Crippen molar-refractivity contribution in [2.24, 2.45) is 0 Å². The van der Waals surface area contributed by atoms with Crippen LogP contribution in [0.3, 0.4) is 0 Å². The van der Waals surface area contributed by atoms with Crippen LogP contribution >= 0.6 is 0 Å². The largest absolute Gasteiger partial charge is 0.446 e. The van der Waals surface area contributed by atoms with Crippen LogP contribution in [0.4, 0.5) is 4.79 Å². The number of ether oxygens (including phenoxy) is 1. The molecule has 0 aromatic rings. The number of alkyl carbamates (subject to hydrolysis) is 1. The van der Waals surface area contributed by atoms with Crippen LogP contribution in [0.25, 0.3) is 0 Å². The summed E-state index contributed by atoms with van der Waals surface area (Å²) in [6.07, 6.45) is 6.33. The Morgan fingerprint density at radius 2 is 1.88 bits per heavy atom. The second kappa shape index (κ2) is 6.09. The summed E-state index contributed by atoms with van der Waals surface area (Å²) in [4.78, 5) is 11.6. The van der Waals surface area contributed by atoms with E-state index < -0.39 is 11.6 Å². The standard InChI is InChI=1S/C12H23NO3/c1-12(2,9-14)13-11(15)16-10-7-5-3-4-6-8-10/h10,14H,3-9H2,1-2H3,(H,13,15). The molecule has 0 heterocycles. The van der Waals surface area contributed by atoms with Crippen LogP contribution in [-0.4, -0.2) is 29.4 Å². The Bertz CT molecular complexity index is 220. The predicted molar refractivity (Wildman–Crippen MR) is 62.3 cm³/mol. The normalized spacial score (nSPS) is 18.9. The first-order valence-electron chi connectivity index (χ1n) is 6.13. The summed E-state index contributed by atoms with van der Waals surface area (Å²) in [6.45, 7) is 3.44. The summed E-state index contributed by atoms with van der Waals surface area (Å²) in [5, 5.41) is 11.7. The van der Waals surface area contributed by atoms with E-state index in [1.165, 1.54) is 12.8 Å². The average molecular weight is 229 g/mol. The van der Waals surface area contributed by atoms with E-state index in [-0.39, 0.29) is 12.7 Å². The maximum absolute atomic E-state index is 11.6. The molecule has 1 fully saturated rings. The number of aliphatic hydroxyl groups is 1. The Morgan fingerprint density at radius 1 is 1.31 bits per heavy atom. The van der Waals surface area contributed by atoms with Crippen LogP contribution in [0, 0.1) is 0 Å². The van der Waals surface area contributed by atoms with Crippen LogP contribution in [0.15, 0.2) is 0 Å². The zero-order valence-corrected chi connectivity index (χ0v) is 10.3. The number of aliphatic hydroxyl groups excluding tert-OH is 1. The molecule has 0 spiro atoms. The van der Waals surface area contributed by atoms with Crippen LogP contribution in [0.2, 0.25) is 0 Å². The number of hydrogen-bond donors (Lipinski definition) is 2. The highest BCUT2D eigenvalue weighted by Crippen LogP contribution is 2.20. The molecule has 0 saturated heterocycles. The number of rotatable bonds is 3. The van der Waals surface area contributed by atoms with Gasteiger partial charge in [-0.1, -0.05) is 12.8 Å². The first kappa shape index (κ1) is 13.3. The second-order valence-electron chi connectivity index (χ2n) is 5.19. The second-order valence-corrected chi connectivity index (χ2v) is 5.19. The van der Waals surface area contributed by atoms with Gasteiger partial charge in [0, 0.05) is 0 Å². The molecule has 16 heavy (non-hydrogen) atoms. The van der Waals surface area contributed by atoms with Crippen molar-refractivity contribution in [3.63, 3.8) is 0 Å². The van der Waals surface area contributed by atoms with E-state index in [0.717, 1.165) is 25.7 Å². The van der Waals surface area contributed by atoms with Gasteiger partial charge in [0.2, 0.25) is 0 Å². The van der Waals surface area contributed by atoms with E-state index in [9.17, 15) is 4.79 Å². The van der Waals surface area contributed by atoms with E-state index in [1.807, 2.05) is 0 Å². The van der Waals surface area contributed by atoms with Crippen molar-refractivity contribution in [3.05, 3.63) is 0 Å². The lowest BCUT2D eigenvalue weighted by molar-refractivity contribution is 0.0754. The SMILES string of the molecule is CC(C)(CO)NC(=O)OC1CCCCCC1. The third-order valence-corrected chi connectivity index (χ3v) is 2.91. The smallest absolute Gasteiger partial charge is 0.407 e. The van der Waals surface area contributed by atoms with E-state index in [1.54, 1.807) is 13.8 Å². The quantitative estimate of drug-likeness (QED) is 0.729. The molecule has 94 valence electrons. The van der Waals surface area contributed by atoms with Gasteiger partial charge >= 0.3 is 6.09 Å². The molecular formula is C12H23NO3. The monoisotopic (exact) mass is 229 g/mol. The van der Waals surface area contributed by atoms with Gasteiger partial charge in [-0.3, -0.25) is 0 Å². The third kappa shape index (κ3) is 4.84. The van der Waals surface area contributed by atoms with Crippen molar-refractivity contribution in [2.45, 2.75) is 64.0 Å². The summed E-state index contributed by atoms with van der Waals surface area (Å²) in [5.41, 5.74) is -0.609. The Morgan fingerprint density at radius 3 is 2.38 bits per heavy atom. The van der Waals surface area contributed by atoms with E-state index in [2.05, 4.69) is 5.32 Å². The summed E-state index contributed by atoms with van der Waals surface area (Å²) in [6, 6.07) is 0. The van der Waals surface area contributed by atoms with Crippen LogP contribution in [-0.2, 0) is 4.74 Å². The fourth-order valence-corrected chi connectivity index (χ4v) is 1.86. The van der Waals surface area contributed by atoms with Crippen molar-refractivity contribution in [3.8, 4) is 0 Å². The van der Waals surface area contributed by atoms with Gasteiger partial charge in [-0.25, -0.2) is 4.79 Å². The van der Waals surface area contributed by atoms with Crippen LogP contribution in [0.5, 0.6) is 0 Å². The van der Waals surface area contributed by atoms with Gasteiger partial charge in [0.15, 0.2) is 0 Å². The zero-order valence-electron chi connectivity index (χ0n) is 10.3. The zero-order chi connectivity index (χ0) is 12.0. The molecule has 1 aliphatic rings. The summed E-state index contributed by atoms with van der Waals surface area (Å²) in [7, 11) is 0. The first-order valence-corrected chi connectivity index (χ1v) is 6.13. The van der Waals surface area contributed by atoms with Crippen LogP contribution < -0.4 is 5.32 Å². The Hall–Kier alpha value is -0.770. The van der Waals surface area contributed by atoms with Gasteiger partial charge in [-0.15, -0.1) is 0 Å². The lowest BCUT2D eigenvalue weighted by Crippen LogP contribution is -2.47. The highest BCUT2D eigenvalue weighted by Gasteiger charge is 2.22. The van der Waals surface area contributed by atoms with Crippen molar-refractivity contribution in [2.75, 3.05) is 6.61 Å². The topological polar surface area (TPSA) is 58.6 Å². The molecule has 0 aromatic carbocycles. The minimum Gasteiger partial charge on any atom is -0.446 e. The van der Waals surface area contributed by atoms with E-state index >= 15 is 0 Å². The average Bonchev–Trinajstić information content (AvgIpc) is 2.45. The molecule has 1 rings (SSSR count). The molecule has 0 unspecified atom stereocenters. The Balaban J connectivity index is 2.32. The maximum Gasteiger partial charge on any atom is 0.407 e. The molecule has 0 aromatic heterocycles. The molecule has 2 N–H and O–H groups in total. The van der Waals surface area contributed by atoms with Crippen molar-refractivity contribution >= 4 is 6.09 Å². The number of hydrogen-bond acceptors (Lipinski definition) is 3. The summed E-state index contributed by atoms with van der Waals surface area (Å²) in [5.74, 6) is 0. The molecule has 0 atom stereocenters. The number of carbonyl (C=O) groups excluding carboxylic acids is 1. The van der Waals surface area contributed by atoms with Crippen molar-refractivity contribution in [1.82, 2.24) is 5.32 Å². The number of carbonyl (C=O) groups is 1. The lowest BCUT2D eigenvalue weighted by Gasteiger charge is -2.25. The number of amides is 1. The fourth-order valence-electron chi connectivity index (χ4n) is 1.86. The highest BCUT2D eigenvalue weighted by molar-refractivity contribution is 5.68. The molecule has 1 saturated carbocycles. The minimum atomic E-state index is -0.609. The van der Waals surface area contributed by atoms with Gasteiger partial charge in [0.1, 0.15) is 6.10 Å². The molecule has 0 bridgehead atoms. The van der Waals surface area contributed by atoms with Gasteiger partial charge in [-0.2, -0.15) is 0 Å².